The van der Waals surface area contributed by atoms with Crippen molar-refractivity contribution in [3.05, 3.63) is 35.4 Å². The van der Waals surface area contributed by atoms with Crippen molar-refractivity contribution in [2.24, 2.45) is 11.3 Å². The number of carbonyl (C=O) groups is 2. The summed E-state index contributed by atoms with van der Waals surface area (Å²) in [5.74, 6) is 1.52. The Kier molecular flexibility index (Phi) is 5.36. The zero-order valence-electron chi connectivity index (χ0n) is 19.1. The van der Waals surface area contributed by atoms with Gasteiger partial charge in [-0.25, -0.2) is 4.79 Å². The quantitative estimate of drug-likeness (QED) is 0.715. The fourth-order valence-corrected chi connectivity index (χ4v) is 5.92. The Bertz CT molecular complexity index is 804. The standard InChI is InChI=1S/C25H36N2O3/c1-17(2)18-6-8-19(9-7-18)20-10-11-25(14-20)15-27(16-25)22(28)21-12-24(3,13-21)26(4)23(29)30-5/h6-9,17,20-21H,10-16H2,1-5H3/t20?,21-,24+. The van der Waals surface area contributed by atoms with Crippen LogP contribution >= 0.6 is 0 Å². The van der Waals surface area contributed by atoms with E-state index in [1.165, 1.54) is 37.5 Å². The van der Waals surface area contributed by atoms with E-state index < -0.39 is 0 Å². The third-order valence-electron chi connectivity index (χ3n) is 8.12. The monoisotopic (exact) mass is 412 g/mol. The minimum absolute atomic E-state index is 0.0419. The number of likely N-dealkylation sites (tertiary alicyclic amines) is 1. The van der Waals surface area contributed by atoms with Crippen molar-refractivity contribution in [2.75, 3.05) is 27.2 Å². The molecule has 1 unspecified atom stereocenters. The minimum atomic E-state index is -0.329. The summed E-state index contributed by atoms with van der Waals surface area (Å²) in [6, 6.07) is 9.18. The number of ether oxygens (including phenoxy) is 1. The molecule has 3 fully saturated rings. The van der Waals surface area contributed by atoms with Crippen LogP contribution in [0.2, 0.25) is 0 Å². The van der Waals surface area contributed by atoms with Crippen LogP contribution in [0.3, 0.4) is 0 Å². The van der Waals surface area contributed by atoms with Gasteiger partial charge in [0.1, 0.15) is 0 Å². The Labute approximate surface area is 180 Å². The van der Waals surface area contributed by atoms with Gasteiger partial charge in [0.2, 0.25) is 5.91 Å². The summed E-state index contributed by atoms with van der Waals surface area (Å²) in [5, 5.41) is 0. The van der Waals surface area contributed by atoms with Gasteiger partial charge in [0.15, 0.2) is 0 Å². The number of hydrogen-bond donors (Lipinski definition) is 0. The number of amides is 2. The first-order valence-electron chi connectivity index (χ1n) is 11.4. The van der Waals surface area contributed by atoms with Crippen molar-refractivity contribution in [2.45, 2.75) is 70.3 Å². The Morgan fingerprint density at radius 3 is 2.33 bits per heavy atom. The number of rotatable bonds is 4. The highest BCUT2D eigenvalue weighted by Gasteiger charge is 2.54. The molecule has 0 aromatic heterocycles. The van der Waals surface area contributed by atoms with E-state index in [9.17, 15) is 9.59 Å². The molecule has 30 heavy (non-hydrogen) atoms. The largest absolute Gasteiger partial charge is 0.453 e. The van der Waals surface area contributed by atoms with Gasteiger partial charge in [-0.05, 0) is 62.0 Å². The number of benzene rings is 1. The van der Waals surface area contributed by atoms with Crippen LogP contribution in [0.15, 0.2) is 24.3 Å². The first-order chi connectivity index (χ1) is 14.2. The average Bonchev–Trinajstić information content (AvgIpc) is 3.14. The summed E-state index contributed by atoms with van der Waals surface area (Å²) >= 11 is 0. The molecule has 5 heteroatoms. The molecule has 2 aliphatic carbocycles. The molecule has 4 rings (SSSR count). The molecule has 164 valence electrons. The molecular weight excluding hydrogens is 376 g/mol. The van der Waals surface area contributed by atoms with Crippen LogP contribution in [0.1, 0.15) is 75.8 Å². The molecule has 1 aromatic rings. The molecule has 1 spiro atoms. The maximum Gasteiger partial charge on any atom is 0.409 e. The molecule has 2 saturated carbocycles. The lowest BCUT2D eigenvalue weighted by Crippen LogP contribution is -2.63. The highest BCUT2D eigenvalue weighted by molar-refractivity contribution is 5.82. The SMILES string of the molecule is COC(=O)N(C)[C@]1(C)C[C@H](C(=O)N2CC3(CCC(c4ccc(C(C)C)cc4)C3)C2)C1. The van der Waals surface area contributed by atoms with E-state index >= 15 is 0 Å². The van der Waals surface area contributed by atoms with Crippen molar-refractivity contribution in [3.8, 4) is 0 Å². The maximum atomic E-state index is 12.9. The molecule has 5 nitrogen and oxygen atoms in total. The number of carbonyl (C=O) groups excluding carboxylic acids is 2. The molecule has 2 amide bonds. The van der Waals surface area contributed by atoms with Crippen molar-refractivity contribution in [1.29, 1.82) is 0 Å². The number of nitrogens with zero attached hydrogens (tertiary/aromatic N) is 2. The lowest BCUT2D eigenvalue weighted by atomic mass is 9.67. The van der Waals surface area contributed by atoms with Crippen LogP contribution in [-0.2, 0) is 9.53 Å². The maximum absolute atomic E-state index is 12.9. The molecule has 3 aliphatic rings. The zero-order chi connectivity index (χ0) is 21.7. The first-order valence-corrected chi connectivity index (χ1v) is 11.4. The summed E-state index contributed by atoms with van der Waals surface area (Å²) in [6.07, 6.45) is 4.78. The second-order valence-corrected chi connectivity index (χ2v) is 10.6. The summed E-state index contributed by atoms with van der Waals surface area (Å²) in [4.78, 5) is 28.4. The second kappa shape index (κ2) is 7.58. The normalized spacial score (nSPS) is 29.5. The lowest BCUT2D eigenvalue weighted by Gasteiger charge is -2.54. The lowest BCUT2D eigenvalue weighted by molar-refractivity contribution is -0.155. The second-order valence-electron chi connectivity index (χ2n) is 10.6. The zero-order valence-corrected chi connectivity index (χ0v) is 19.1. The highest BCUT2D eigenvalue weighted by atomic mass is 16.5. The Morgan fingerprint density at radius 1 is 1.13 bits per heavy atom. The van der Waals surface area contributed by atoms with Crippen LogP contribution < -0.4 is 0 Å². The van der Waals surface area contributed by atoms with Gasteiger partial charge in [-0.2, -0.15) is 0 Å². The number of hydrogen-bond acceptors (Lipinski definition) is 3. The molecular formula is C25H36N2O3. The van der Waals surface area contributed by atoms with Gasteiger partial charge in [-0.15, -0.1) is 0 Å². The molecule has 1 aliphatic heterocycles. The summed E-state index contributed by atoms with van der Waals surface area (Å²) < 4.78 is 4.83. The van der Waals surface area contributed by atoms with Gasteiger partial charge in [-0.3, -0.25) is 4.79 Å². The van der Waals surface area contributed by atoms with Gasteiger partial charge < -0.3 is 14.5 Å². The molecule has 0 radical (unpaired) electrons. The average molecular weight is 413 g/mol. The smallest absolute Gasteiger partial charge is 0.409 e. The third-order valence-corrected chi connectivity index (χ3v) is 8.12. The molecule has 1 atom stereocenters. The van der Waals surface area contributed by atoms with Gasteiger partial charge in [0.25, 0.3) is 0 Å². The van der Waals surface area contributed by atoms with E-state index in [0.717, 1.165) is 25.9 Å². The third kappa shape index (κ3) is 3.61. The van der Waals surface area contributed by atoms with Crippen LogP contribution in [0.5, 0.6) is 0 Å². The minimum Gasteiger partial charge on any atom is -0.453 e. The Balaban J connectivity index is 1.28. The molecule has 0 bridgehead atoms. The van der Waals surface area contributed by atoms with Crippen molar-refractivity contribution in [1.82, 2.24) is 9.80 Å². The first kappa shape index (κ1) is 21.2. The van der Waals surface area contributed by atoms with E-state index in [0.29, 0.717) is 17.3 Å². The van der Waals surface area contributed by atoms with Crippen LogP contribution in [-0.4, -0.2) is 54.6 Å². The van der Waals surface area contributed by atoms with Gasteiger partial charge in [-0.1, -0.05) is 38.1 Å². The molecule has 1 saturated heterocycles. The summed E-state index contributed by atoms with van der Waals surface area (Å²) in [7, 11) is 3.16. The van der Waals surface area contributed by atoms with Crippen molar-refractivity contribution in [3.63, 3.8) is 0 Å². The molecule has 0 N–H and O–H groups in total. The fourth-order valence-electron chi connectivity index (χ4n) is 5.92. The highest BCUT2D eigenvalue weighted by Crippen LogP contribution is 2.53. The molecule has 1 heterocycles. The Morgan fingerprint density at radius 2 is 1.77 bits per heavy atom. The Hall–Kier alpha value is -2.04. The van der Waals surface area contributed by atoms with E-state index in [2.05, 4.69) is 43.0 Å². The fraction of sp³-hybridized carbons (Fsp3) is 0.680. The van der Waals surface area contributed by atoms with E-state index in [-0.39, 0.29) is 23.5 Å². The topological polar surface area (TPSA) is 49.9 Å². The van der Waals surface area contributed by atoms with E-state index in [4.69, 9.17) is 4.74 Å². The van der Waals surface area contributed by atoms with Crippen molar-refractivity contribution >= 4 is 12.0 Å². The van der Waals surface area contributed by atoms with Gasteiger partial charge in [0, 0.05) is 37.0 Å². The van der Waals surface area contributed by atoms with Crippen LogP contribution in [0.4, 0.5) is 4.79 Å². The number of methoxy groups -OCH3 is 1. The molecule has 1 aromatic carbocycles. The van der Waals surface area contributed by atoms with E-state index in [1.54, 1.807) is 11.9 Å². The van der Waals surface area contributed by atoms with Gasteiger partial charge in [0.05, 0.1) is 7.11 Å². The predicted octanol–water partition coefficient (Wildman–Crippen LogP) is 4.77. The van der Waals surface area contributed by atoms with Crippen molar-refractivity contribution < 1.29 is 14.3 Å². The van der Waals surface area contributed by atoms with Crippen LogP contribution in [0.25, 0.3) is 0 Å². The van der Waals surface area contributed by atoms with Gasteiger partial charge >= 0.3 is 6.09 Å². The van der Waals surface area contributed by atoms with Crippen LogP contribution in [0, 0.1) is 11.3 Å². The van der Waals surface area contributed by atoms with E-state index in [1.807, 2.05) is 6.92 Å². The summed E-state index contributed by atoms with van der Waals surface area (Å²) in [5.41, 5.74) is 2.92. The summed E-state index contributed by atoms with van der Waals surface area (Å²) in [6.45, 7) is 8.33. The predicted molar refractivity (Wildman–Crippen MR) is 117 cm³/mol.